The normalized spacial score (nSPS) is 14.1. The van der Waals surface area contributed by atoms with E-state index in [2.05, 4.69) is 48.5 Å². The lowest BCUT2D eigenvalue weighted by molar-refractivity contribution is -0.161. The van der Waals surface area contributed by atoms with Crippen LogP contribution >= 0.6 is 15.6 Å². The SMILES string of the molecule is CCCCCCCCCCCCCCCCC(=O)O[C@H](COC(=O)CCCCCCCCCCCC(C)C)COP(=O)(O)OC[C@H](O)COP(=O)(O)OC[C@@H](COC(=O)CCCCCCCCCCCCCCCCCCC(C)C)OC(=O)CCCCCCCCCCCCCCCCCCCCC(C)CC. The Morgan fingerprint density at radius 3 is 0.710 bits per heavy atom. The molecule has 6 atom stereocenters. The van der Waals surface area contributed by atoms with Gasteiger partial charge in [0.1, 0.15) is 19.3 Å². The largest absolute Gasteiger partial charge is 0.472 e. The zero-order valence-electron chi connectivity index (χ0n) is 70.6. The number of aliphatic hydroxyl groups is 1. The van der Waals surface area contributed by atoms with E-state index < -0.39 is 97.5 Å². The molecule has 0 rings (SSSR count). The topological polar surface area (TPSA) is 237 Å². The van der Waals surface area contributed by atoms with Crippen molar-refractivity contribution < 1.29 is 80.2 Å². The van der Waals surface area contributed by atoms with E-state index >= 15 is 0 Å². The van der Waals surface area contributed by atoms with E-state index in [1.807, 2.05) is 0 Å². The summed E-state index contributed by atoms with van der Waals surface area (Å²) >= 11 is 0. The van der Waals surface area contributed by atoms with Crippen LogP contribution in [0.5, 0.6) is 0 Å². The second kappa shape index (κ2) is 78.0. The molecule has 0 heterocycles. The van der Waals surface area contributed by atoms with Crippen molar-refractivity contribution in [2.75, 3.05) is 39.6 Å². The van der Waals surface area contributed by atoms with E-state index in [1.54, 1.807) is 0 Å². The molecule has 19 heteroatoms. The molecule has 0 aromatic carbocycles. The van der Waals surface area contributed by atoms with E-state index in [0.29, 0.717) is 25.7 Å². The molecule has 3 unspecified atom stereocenters. The minimum atomic E-state index is -4.97. The summed E-state index contributed by atoms with van der Waals surface area (Å²) in [6.07, 6.45) is 69.4. The molecule has 0 aliphatic heterocycles. The Kier molecular flexibility index (Phi) is 76.6. The average Bonchev–Trinajstić information content (AvgIpc) is 0.902. The molecule has 0 aromatic rings. The van der Waals surface area contributed by atoms with E-state index in [1.165, 1.54) is 276 Å². The van der Waals surface area contributed by atoms with E-state index in [-0.39, 0.29) is 25.7 Å². The monoisotopic (exact) mass is 1560 g/mol. The van der Waals surface area contributed by atoms with Gasteiger partial charge in [-0.15, -0.1) is 0 Å². The van der Waals surface area contributed by atoms with Crippen molar-refractivity contribution in [1.29, 1.82) is 0 Å². The number of carbonyl (C=O) groups is 4. The first-order chi connectivity index (χ1) is 51.8. The number of carbonyl (C=O) groups excluding carboxylic acids is 4. The van der Waals surface area contributed by atoms with Crippen LogP contribution in [0.1, 0.15) is 466 Å². The lowest BCUT2D eigenvalue weighted by atomic mass is 9.99. The number of phosphoric ester groups is 2. The number of hydrogen-bond acceptors (Lipinski definition) is 15. The summed E-state index contributed by atoms with van der Waals surface area (Å²) in [6.45, 7) is 12.1. The van der Waals surface area contributed by atoms with Crippen molar-refractivity contribution in [3.63, 3.8) is 0 Å². The minimum Gasteiger partial charge on any atom is -0.462 e. The number of esters is 4. The maximum atomic E-state index is 13.2. The van der Waals surface area contributed by atoms with Gasteiger partial charge in [-0.1, -0.05) is 414 Å². The van der Waals surface area contributed by atoms with Crippen molar-refractivity contribution in [2.24, 2.45) is 17.8 Å². The Hall–Kier alpha value is -1.94. The lowest BCUT2D eigenvalue weighted by Gasteiger charge is -2.21. The summed E-state index contributed by atoms with van der Waals surface area (Å²) in [5.74, 6) is 0.326. The van der Waals surface area contributed by atoms with Crippen LogP contribution in [-0.4, -0.2) is 96.7 Å². The molecule has 0 aliphatic rings. The van der Waals surface area contributed by atoms with Gasteiger partial charge in [-0.25, -0.2) is 9.13 Å². The quantitative estimate of drug-likeness (QED) is 0.0222. The fourth-order valence-electron chi connectivity index (χ4n) is 13.7. The number of unbranched alkanes of at least 4 members (excludes halogenated alkanes) is 53. The maximum Gasteiger partial charge on any atom is 0.472 e. The van der Waals surface area contributed by atoms with E-state index in [0.717, 1.165) is 108 Å². The summed E-state index contributed by atoms with van der Waals surface area (Å²) in [5.41, 5.74) is 0. The zero-order valence-corrected chi connectivity index (χ0v) is 72.4. The van der Waals surface area contributed by atoms with Gasteiger partial charge >= 0.3 is 39.5 Å². The fraction of sp³-hybridized carbons (Fsp3) is 0.955. The first kappa shape index (κ1) is 105. The molecule has 0 radical (unpaired) electrons. The number of rotatable bonds is 86. The molecular formula is C88H172O17P2. The van der Waals surface area contributed by atoms with E-state index in [9.17, 15) is 43.2 Å². The Balaban J connectivity index is 5.24. The molecule has 0 saturated heterocycles. The van der Waals surface area contributed by atoms with Gasteiger partial charge in [-0.2, -0.15) is 0 Å². The van der Waals surface area contributed by atoms with Crippen LogP contribution in [0, 0.1) is 17.8 Å². The maximum absolute atomic E-state index is 13.2. The number of hydrogen-bond donors (Lipinski definition) is 3. The van der Waals surface area contributed by atoms with Gasteiger partial charge in [0, 0.05) is 25.7 Å². The second-order valence-corrected chi connectivity index (χ2v) is 35.7. The molecule has 3 N–H and O–H groups in total. The third-order valence-electron chi connectivity index (χ3n) is 21.0. The summed E-state index contributed by atoms with van der Waals surface area (Å²) in [4.78, 5) is 73.3. The molecule has 0 saturated carbocycles. The smallest absolute Gasteiger partial charge is 0.462 e. The third-order valence-corrected chi connectivity index (χ3v) is 22.9. The molecule has 107 heavy (non-hydrogen) atoms. The molecule has 0 aliphatic carbocycles. The summed E-state index contributed by atoms with van der Waals surface area (Å²) in [5, 5.41) is 10.7. The number of phosphoric acid groups is 2. The van der Waals surface area contributed by atoms with Crippen molar-refractivity contribution in [3.05, 3.63) is 0 Å². The van der Waals surface area contributed by atoms with Crippen LogP contribution in [0.3, 0.4) is 0 Å². The third kappa shape index (κ3) is 80.5. The van der Waals surface area contributed by atoms with Crippen molar-refractivity contribution in [3.8, 4) is 0 Å². The fourth-order valence-corrected chi connectivity index (χ4v) is 15.3. The Morgan fingerprint density at radius 1 is 0.271 bits per heavy atom. The molecule has 0 amide bonds. The highest BCUT2D eigenvalue weighted by molar-refractivity contribution is 7.47. The summed E-state index contributed by atoms with van der Waals surface area (Å²) < 4.78 is 69.0. The summed E-state index contributed by atoms with van der Waals surface area (Å²) in [6, 6.07) is 0. The van der Waals surface area contributed by atoms with Crippen LogP contribution in [0.4, 0.5) is 0 Å². The molecule has 0 aromatic heterocycles. The van der Waals surface area contributed by atoms with Crippen molar-refractivity contribution in [1.82, 2.24) is 0 Å². The lowest BCUT2D eigenvalue weighted by Crippen LogP contribution is -2.30. The standard InChI is InChI=1S/C88H172O17P2/c1-8-10-11-12-13-14-15-16-29-35-42-50-57-64-71-87(92)105-84(76-99-86(91)70-63-56-49-44-37-39-46-53-60-67-80(5)6)78-103-107(96,97)101-74-82(89)73-100-106(94,95)102-77-83(75-98-85(90)69-62-55-48-41-34-30-25-22-21-23-27-32-38-45-52-59-66-79(3)4)104-88(93)72-65-58-51-43-36-31-26-20-18-17-19-24-28-33-40-47-54-61-68-81(7)9-2/h79-84,89H,8-78H2,1-7H3,(H,94,95)(H,96,97)/t81?,82-,83-,84-/m1/s1. The average molecular weight is 1560 g/mol. The van der Waals surface area contributed by atoms with Crippen molar-refractivity contribution in [2.45, 2.75) is 484 Å². The number of ether oxygens (including phenoxy) is 4. The van der Waals surface area contributed by atoms with Gasteiger partial charge in [-0.3, -0.25) is 37.3 Å². The Bertz CT molecular complexity index is 2060. The van der Waals surface area contributed by atoms with Gasteiger partial charge in [0.2, 0.25) is 0 Å². The van der Waals surface area contributed by atoms with Crippen LogP contribution in [0.15, 0.2) is 0 Å². The molecule has 17 nitrogen and oxygen atoms in total. The van der Waals surface area contributed by atoms with Gasteiger partial charge in [0.05, 0.1) is 26.4 Å². The zero-order chi connectivity index (χ0) is 78.6. The van der Waals surface area contributed by atoms with Gasteiger partial charge < -0.3 is 33.8 Å². The van der Waals surface area contributed by atoms with Crippen LogP contribution < -0.4 is 0 Å². The number of aliphatic hydroxyl groups excluding tert-OH is 1. The first-order valence-corrected chi connectivity index (χ1v) is 48.4. The van der Waals surface area contributed by atoms with E-state index in [4.69, 9.17) is 37.0 Å². The van der Waals surface area contributed by atoms with Gasteiger partial charge in [0.25, 0.3) is 0 Å². The van der Waals surface area contributed by atoms with Crippen molar-refractivity contribution >= 4 is 39.5 Å². The molecule has 0 spiro atoms. The van der Waals surface area contributed by atoms with Gasteiger partial charge in [-0.05, 0) is 43.4 Å². The molecular weight excluding hydrogens is 1390 g/mol. The predicted octanol–water partition coefficient (Wildman–Crippen LogP) is 26.9. The highest BCUT2D eigenvalue weighted by Gasteiger charge is 2.31. The molecule has 0 fully saturated rings. The highest BCUT2D eigenvalue weighted by atomic mass is 31.2. The predicted molar refractivity (Wildman–Crippen MR) is 441 cm³/mol. The van der Waals surface area contributed by atoms with Gasteiger partial charge in [0.15, 0.2) is 12.2 Å². The van der Waals surface area contributed by atoms with Crippen LogP contribution in [-0.2, 0) is 65.4 Å². The summed E-state index contributed by atoms with van der Waals surface area (Å²) in [7, 11) is -9.93. The van der Waals surface area contributed by atoms with Crippen LogP contribution in [0.2, 0.25) is 0 Å². The molecule has 0 bridgehead atoms. The highest BCUT2D eigenvalue weighted by Crippen LogP contribution is 2.45. The minimum absolute atomic E-state index is 0.108. The first-order valence-electron chi connectivity index (χ1n) is 45.4. The van der Waals surface area contributed by atoms with Crippen LogP contribution in [0.25, 0.3) is 0 Å². The Morgan fingerprint density at radius 2 is 0.477 bits per heavy atom. The molecule has 636 valence electrons. The Labute approximate surface area is 658 Å². The second-order valence-electron chi connectivity index (χ2n) is 32.8.